The second kappa shape index (κ2) is 61.5. The number of hydrogen-bond donors (Lipinski definition) is 10. The number of halogens is 7. The molecule has 0 aliphatic carbocycles. The number of alkyl halides is 1. The van der Waals surface area contributed by atoms with Crippen molar-refractivity contribution >= 4 is 145 Å². The van der Waals surface area contributed by atoms with Crippen molar-refractivity contribution in [1.82, 2.24) is 75.5 Å². The minimum Gasteiger partial charge on any atom is -1.00 e. The van der Waals surface area contributed by atoms with E-state index in [9.17, 15) is 56.0 Å². The first-order chi connectivity index (χ1) is 65.8. The largest absolute Gasteiger partial charge is 1.00 e. The van der Waals surface area contributed by atoms with Crippen LogP contribution in [0.25, 0.3) is 50.2 Å². The number of fused-ring (bicyclic) bond motifs is 3. The van der Waals surface area contributed by atoms with E-state index in [1.807, 2.05) is 96.1 Å². The van der Waals surface area contributed by atoms with Crippen molar-refractivity contribution in [3.63, 3.8) is 0 Å². The fraction of sp³-hybridized carbons (Fsp3) is 0.327. The number of aryl methyl sites for hydroxylation is 4. The number of benzene rings is 7. The van der Waals surface area contributed by atoms with E-state index in [-0.39, 0.29) is 232 Å². The number of para-hydroxylation sites is 3. The van der Waals surface area contributed by atoms with Gasteiger partial charge in [0.2, 0.25) is 17.2 Å². The monoisotopic (exact) mass is 2140 g/mol. The minimum atomic E-state index is -1.00. The number of nitro benzene ring substituents is 1. The average molecular weight is 2150 g/mol. The molecule has 0 bridgehead atoms. The molecule has 37 nitrogen and oxygen atoms in total. The van der Waals surface area contributed by atoms with Crippen molar-refractivity contribution in [1.29, 1.82) is 0 Å². The number of nitro groups is 1. The third kappa shape index (κ3) is 36.4. The SMILES string of the molecule is C.C.C.CC(C)(C)OC(=O)N1CCNCC1.Cc1cc(N)ccc1N1CCN(C(=O)OC(C)(C)C)CC1.Cc1cc(Nc2ncc(F)c(-n3cc(C(N)=O)c4ccccc43)n2)ccc1N1CCNCC1.Cc1cc(Nc2ncc(F)c(-n3cc(C(N)=O)c4ccccc43)n2)ccc1N1CCNCC1.Cc1cc([N+](=O)[O-])ccc1F.Cl.N.NC(=O)c1cn(-c2nc(Cl)ncc2F)c2ccccc12.O=CO[O-].[2H]CF.[Fe].[H-].[K+].[K+]. The molecule has 10 heterocycles. The zero-order chi connectivity index (χ0) is 100. The number of nitrogen functional groups attached to an aromatic ring is 1. The first kappa shape index (κ1) is 128. The molecule has 0 unspecified atom stereocenters. The molecule has 17 rings (SSSR count). The molecule has 7 aromatic carbocycles. The fourth-order valence-corrected chi connectivity index (χ4v) is 15.1. The molecule has 145 heavy (non-hydrogen) atoms. The molecule has 6 aromatic heterocycles. The molecule has 4 aliphatic heterocycles. The average Bonchev–Trinajstić information content (AvgIpc) is 1.63. The number of piperazine rings is 4. The molecular weight excluding hydrogens is 2020 g/mol. The molecule has 16 N–H and O–H groups in total. The van der Waals surface area contributed by atoms with Crippen LogP contribution in [0.5, 0.6) is 0 Å². The van der Waals surface area contributed by atoms with Crippen LogP contribution < -0.4 is 178 Å². The second-order valence-electron chi connectivity index (χ2n) is 33.3. The summed E-state index contributed by atoms with van der Waals surface area (Å²) in [5.74, 6) is -3.52. The topological polar surface area (TPSA) is 504 Å². The van der Waals surface area contributed by atoms with Gasteiger partial charge in [-0.05, 0) is 182 Å². The molecule has 13 aromatic rings. The van der Waals surface area contributed by atoms with Crippen LogP contribution in [0.2, 0.25) is 5.28 Å². The molecule has 47 heteroatoms. The summed E-state index contributed by atoms with van der Waals surface area (Å²) in [6.07, 6.45) is 7.24. The van der Waals surface area contributed by atoms with Crippen LogP contribution in [0, 0.1) is 61.1 Å². The summed E-state index contributed by atoms with van der Waals surface area (Å²) < 4.78 is 86.5. The van der Waals surface area contributed by atoms with E-state index in [1.54, 1.807) is 70.5 Å². The van der Waals surface area contributed by atoms with Gasteiger partial charge in [-0.1, -0.05) is 76.9 Å². The molecular formula is C98H126Cl2F5FeK2N25O12. The van der Waals surface area contributed by atoms with Crippen LogP contribution in [0.4, 0.5) is 83.2 Å². The standard InChI is InChI=1S/2C24H24FN7O.C16H25N3O2.C13H8ClFN4O.C9H18N2O2.C7H6FNO2.CH3F.CH2O3.3CH4.ClH.Fe.2K.H3N.H/c2*1-15-12-16(6-7-20(15)31-10-8-27-9-11-31)29-24-28-13-19(25)23(30-24)32-14-18(22(26)33)17-4-2-3-5-21(17)32;1-12-11-13(17)5-6-14(12)18-7-9-19(10-8-18)15(20)21-16(2,3)4;14-13-17-5-9(15)12(18-13)19-6-8(11(16)20)7-3-1-2-4-10(7)19;1-9(2,3)13-8(12)11-6-4-10-5-7-11;1-5-4-6(9(10)11)2-3-7(5)8;1-2;2-1-4-3;;;;;;;;;/h2*2-7,12-14,27H,8-11H2,1H3,(H2,26,33)(H,28,29,30);5-6,11H,7-10,17H2,1-4H3;1-6H,(H2,16,20);10H,4-7H2,1-3H3;2-4H,1H3;1H3;1,3H;3*1H4;1H;;;;1H3;/q;;;;;;;;;;;;;2*+1;;-1/p-1/i;;;;;;1D;;;;;;;;;;. The number of ether oxygens (including phenoxy) is 2. The predicted octanol–water partition coefficient (Wildman–Crippen LogP) is 9.69. The smallest absolute Gasteiger partial charge is 1.00 e. The molecule has 0 saturated carbocycles. The van der Waals surface area contributed by atoms with Crippen molar-refractivity contribution in [3.8, 4) is 17.5 Å². The van der Waals surface area contributed by atoms with Crippen LogP contribution in [-0.2, 0) is 36.2 Å². The maximum Gasteiger partial charge on any atom is 1.00 e. The Labute approximate surface area is 949 Å². The van der Waals surface area contributed by atoms with Gasteiger partial charge in [-0.3, -0.25) is 47.4 Å². The molecule has 5 amide bonds. The van der Waals surface area contributed by atoms with Gasteiger partial charge in [0.05, 0.1) is 65.3 Å². The zero-order valence-electron chi connectivity index (χ0n) is 82.6. The van der Waals surface area contributed by atoms with E-state index >= 15 is 0 Å². The Kier molecular flexibility index (Phi) is 54.2. The van der Waals surface area contributed by atoms with Crippen LogP contribution >= 0.6 is 24.0 Å². The van der Waals surface area contributed by atoms with Crippen LogP contribution in [0.15, 0.2) is 183 Å². The Morgan fingerprint density at radius 2 is 0.821 bits per heavy atom. The molecule has 4 fully saturated rings. The summed E-state index contributed by atoms with van der Waals surface area (Å²) in [6.45, 7) is 32.8. The van der Waals surface area contributed by atoms with Gasteiger partial charge in [-0.15, -0.1) is 12.4 Å². The van der Waals surface area contributed by atoms with Gasteiger partial charge in [-0.25, -0.2) is 42.1 Å². The van der Waals surface area contributed by atoms with Gasteiger partial charge in [0, 0.05) is 203 Å². The number of primary amides is 3. The maximum absolute atomic E-state index is 14.8. The normalized spacial score (nSPS) is 12.8. The van der Waals surface area contributed by atoms with Crippen LogP contribution in [0.3, 0.4) is 0 Å². The number of non-ortho nitro benzene ring substituents is 1. The third-order valence-corrected chi connectivity index (χ3v) is 21.4. The Bertz CT molecular complexity index is 6270. The molecule has 4 saturated heterocycles. The number of rotatable bonds is 15. The van der Waals surface area contributed by atoms with E-state index in [0.29, 0.717) is 62.5 Å². The molecule has 4 aliphatic rings. The fourth-order valence-electron chi connectivity index (χ4n) is 15.0. The number of hydrogen-bond acceptors (Lipinski definition) is 28. The van der Waals surface area contributed by atoms with Gasteiger partial charge in [0.15, 0.2) is 34.9 Å². The second-order valence-corrected chi connectivity index (χ2v) is 33.6. The Balaban J connectivity index is 0.000000889. The van der Waals surface area contributed by atoms with Gasteiger partial charge in [0.1, 0.15) is 17.0 Å². The van der Waals surface area contributed by atoms with Crippen molar-refractivity contribution in [2.24, 2.45) is 17.2 Å². The summed E-state index contributed by atoms with van der Waals surface area (Å²) in [5.41, 5.74) is 33.7. The summed E-state index contributed by atoms with van der Waals surface area (Å²) in [6, 6.07) is 42.9. The zero-order valence-corrected chi connectivity index (χ0v) is 89.5. The number of carbonyl (C=O) groups excluding carboxylic acids is 6. The number of nitrogens with zero attached hydrogens (tertiary/aromatic N) is 15. The number of aromatic nitrogens is 9. The Hall–Kier alpha value is -11.2. The van der Waals surface area contributed by atoms with E-state index in [2.05, 4.69) is 109 Å². The number of nitrogens with two attached hydrogens (primary N) is 4. The van der Waals surface area contributed by atoms with Crippen molar-refractivity contribution in [3.05, 3.63) is 260 Å². The number of anilines is 8. The Morgan fingerprint density at radius 1 is 0.497 bits per heavy atom. The molecule has 0 spiro atoms. The van der Waals surface area contributed by atoms with Gasteiger partial charge in [-0.2, -0.15) is 15.0 Å². The summed E-state index contributed by atoms with van der Waals surface area (Å²) in [5, 5.41) is 36.6. The van der Waals surface area contributed by atoms with Gasteiger partial charge >= 0.3 is 115 Å². The number of carbonyl (C=O) groups is 6. The third-order valence-electron chi connectivity index (χ3n) is 21.2. The maximum atomic E-state index is 14.8. The van der Waals surface area contributed by atoms with E-state index < -0.39 is 58.7 Å². The van der Waals surface area contributed by atoms with E-state index in [4.69, 9.17) is 55.4 Å². The van der Waals surface area contributed by atoms with Crippen LogP contribution in [-0.4, -0.2) is 218 Å². The van der Waals surface area contributed by atoms with E-state index in [1.165, 1.54) is 67.9 Å². The van der Waals surface area contributed by atoms with Gasteiger partial charge in [0.25, 0.3) is 29.9 Å². The van der Waals surface area contributed by atoms with Crippen molar-refractivity contribution in [2.45, 2.75) is 103 Å². The van der Waals surface area contributed by atoms with Crippen molar-refractivity contribution < 1.29 is 198 Å². The summed E-state index contributed by atoms with van der Waals surface area (Å²) in [7, 11) is -1.00. The number of nitrogens with one attached hydrogen (secondary N) is 5. The summed E-state index contributed by atoms with van der Waals surface area (Å²) >= 11 is 5.69. The predicted molar refractivity (Wildman–Crippen MR) is 548 cm³/mol. The van der Waals surface area contributed by atoms with E-state index in [0.717, 1.165) is 151 Å². The minimum absolute atomic E-state index is 0. The molecule has 0 atom stereocenters. The van der Waals surface area contributed by atoms with Crippen molar-refractivity contribution in [2.75, 3.05) is 143 Å². The first-order valence-electron chi connectivity index (χ1n) is 43.9. The van der Waals surface area contributed by atoms with Gasteiger partial charge < -0.3 is 101 Å². The molecule has 774 valence electrons. The van der Waals surface area contributed by atoms with Crippen LogP contribution in [0.1, 0.15) is 120 Å². The quantitative estimate of drug-likeness (QED) is 0.00667. The first-order valence-corrected chi connectivity index (χ1v) is 43.5. The number of amides is 5. The Morgan fingerprint density at radius 3 is 1.15 bits per heavy atom. The molecule has 0 radical (unpaired) electrons. The summed E-state index contributed by atoms with van der Waals surface area (Å²) in [4.78, 5) is 115.